The molecule has 0 spiro atoms. The number of para-hydroxylation sites is 1. The first-order chi connectivity index (χ1) is 9.65. The molecule has 1 amide bonds. The van der Waals surface area contributed by atoms with Crippen LogP contribution in [0.3, 0.4) is 0 Å². The van der Waals surface area contributed by atoms with Crippen molar-refractivity contribution in [2.24, 2.45) is 0 Å². The van der Waals surface area contributed by atoms with E-state index in [4.69, 9.17) is 0 Å². The van der Waals surface area contributed by atoms with Gasteiger partial charge in [-0.2, -0.15) is 11.8 Å². The van der Waals surface area contributed by atoms with E-state index in [1.807, 2.05) is 6.92 Å². The van der Waals surface area contributed by atoms with Gasteiger partial charge in [0.25, 0.3) is 5.91 Å². The van der Waals surface area contributed by atoms with Crippen LogP contribution < -0.4 is 5.32 Å². The van der Waals surface area contributed by atoms with Gasteiger partial charge < -0.3 is 10.2 Å². The van der Waals surface area contributed by atoms with Crippen LogP contribution in [0.2, 0.25) is 0 Å². The number of amides is 1. The maximum Gasteiger partial charge on any atom is 0.305 e. The zero-order valence-electron chi connectivity index (χ0n) is 11.3. The van der Waals surface area contributed by atoms with Crippen LogP contribution in [-0.2, 0) is 0 Å². The van der Waals surface area contributed by atoms with Crippen LogP contribution >= 0.6 is 11.8 Å². The number of benzene rings is 1. The second-order valence-corrected chi connectivity index (χ2v) is 5.62. The molecule has 1 N–H and O–H groups in total. The molecule has 0 bridgehead atoms. The highest BCUT2D eigenvalue weighted by atomic mass is 32.2. The Hall–Kier alpha value is -1.76. The number of nitro groups is 1. The summed E-state index contributed by atoms with van der Waals surface area (Å²) in [5.41, 5.74) is 0.438. The van der Waals surface area contributed by atoms with Crippen LogP contribution in [0, 0.1) is 10.1 Å². The molecule has 0 unspecified atom stereocenters. The van der Waals surface area contributed by atoms with Gasteiger partial charge in [-0.3, -0.25) is 14.9 Å². The van der Waals surface area contributed by atoms with E-state index in [9.17, 15) is 14.9 Å². The van der Waals surface area contributed by atoms with E-state index in [-0.39, 0.29) is 17.2 Å². The Morgan fingerprint density at radius 3 is 2.75 bits per heavy atom. The Bertz CT molecular complexity index is 516. The van der Waals surface area contributed by atoms with E-state index >= 15 is 0 Å². The van der Waals surface area contributed by atoms with Crippen molar-refractivity contribution in [1.29, 1.82) is 0 Å². The molecule has 1 aliphatic heterocycles. The summed E-state index contributed by atoms with van der Waals surface area (Å²) in [6.45, 7) is 3.72. The predicted octanol–water partition coefficient (Wildman–Crippen LogP) is 2.22. The normalized spacial score (nSPS) is 14.9. The summed E-state index contributed by atoms with van der Waals surface area (Å²) in [5.74, 6) is 1.51. The van der Waals surface area contributed by atoms with Gasteiger partial charge in [-0.15, -0.1) is 0 Å². The fraction of sp³-hybridized carbons (Fsp3) is 0.462. The van der Waals surface area contributed by atoms with Gasteiger partial charge >= 0.3 is 5.69 Å². The Kier molecular flexibility index (Phi) is 4.84. The lowest BCUT2D eigenvalue weighted by Gasteiger charge is -2.26. The highest BCUT2D eigenvalue weighted by molar-refractivity contribution is 7.99. The maximum absolute atomic E-state index is 12.5. The van der Waals surface area contributed by atoms with Crippen molar-refractivity contribution in [2.45, 2.75) is 6.92 Å². The summed E-state index contributed by atoms with van der Waals surface area (Å²) in [6.07, 6.45) is 0. The highest BCUT2D eigenvalue weighted by Crippen LogP contribution is 2.30. The van der Waals surface area contributed by atoms with Gasteiger partial charge in [0, 0.05) is 31.1 Å². The number of nitrogens with one attached hydrogen (secondary N) is 1. The molecule has 2 rings (SSSR count). The molecular weight excluding hydrogens is 278 g/mol. The topological polar surface area (TPSA) is 75.5 Å². The molecule has 0 aliphatic carbocycles. The molecule has 1 aromatic rings. The largest absolute Gasteiger partial charge is 0.380 e. The van der Waals surface area contributed by atoms with Crippen LogP contribution in [0.25, 0.3) is 0 Å². The Balaban J connectivity index is 2.36. The number of rotatable bonds is 4. The lowest BCUT2D eigenvalue weighted by Crippen LogP contribution is -2.38. The lowest BCUT2D eigenvalue weighted by molar-refractivity contribution is -0.384. The fourth-order valence-corrected chi connectivity index (χ4v) is 3.09. The van der Waals surface area contributed by atoms with Crippen molar-refractivity contribution >= 4 is 29.0 Å². The highest BCUT2D eigenvalue weighted by Gasteiger charge is 2.28. The smallest absolute Gasteiger partial charge is 0.305 e. The summed E-state index contributed by atoms with van der Waals surface area (Å²) in [6, 6.07) is 4.84. The lowest BCUT2D eigenvalue weighted by atomic mass is 10.1. The average molecular weight is 295 g/mol. The van der Waals surface area contributed by atoms with Crippen molar-refractivity contribution < 1.29 is 9.72 Å². The molecule has 7 heteroatoms. The first kappa shape index (κ1) is 14.6. The number of carbonyl (C=O) groups excluding carboxylic acids is 1. The van der Waals surface area contributed by atoms with Crippen LogP contribution in [-0.4, -0.2) is 46.9 Å². The van der Waals surface area contributed by atoms with Crippen LogP contribution in [0.4, 0.5) is 11.4 Å². The molecule has 0 aromatic heterocycles. The number of hydrogen-bond donors (Lipinski definition) is 1. The minimum atomic E-state index is -0.482. The predicted molar refractivity (Wildman–Crippen MR) is 80.5 cm³/mol. The summed E-state index contributed by atoms with van der Waals surface area (Å²) >= 11 is 1.79. The SMILES string of the molecule is CCNc1cccc(C(=O)N2CCSCC2)c1[N+](=O)[O-]. The van der Waals surface area contributed by atoms with Gasteiger partial charge in [-0.25, -0.2) is 0 Å². The van der Waals surface area contributed by atoms with Crippen molar-refractivity contribution in [3.05, 3.63) is 33.9 Å². The fourth-order valence-electron chi connectivity index (χ4n) is 2.18. The number of carbonyl (C=O) groups is 1. The second-order valence-electron chi connectivity index (χ2n) is 4.39. The molecule has 1 fully saturated rings. The molecule has 108 valence electrons. The number of hydrogen-bond acceptors (Lipinski definition) is 5. The molecule has 1 heterocycles. The van der Waals surface area contributed by atoms with Gasteiger partial charge in [0.2, 0.25) is 0 Å². The van der Waals surface area contributed by atoms with E-state index in [2.05, 4.69) is 5.32 Å². The monoisotopic (exact) mass is 295 g/mol. The van der Waals surface area contributed by atoms with Crippen molar-refractivity contribution in [3.8, 4) is 0 Å². The third-order valence-electron chi connectivity index (χ3n) is 3.11. The molecule has 0 saturated carbocycles. The summed E-state index contributed by atoms with van der Waals surface area (Å²) in [7, 11) is 0. The molecule has 1 aromatic carbocycles. The summed E-state index contributed by atoms with van der Waals surface area (Å²) < 4.78 is 0. The molecule has 0 radical (unpaired) electrons. The first-order valence-electron chi connectivity index (χ1n) is 6.53. The molecule has 20 heavy (non-hydrogen) atoms. The number of thioether (sulfide) groups is 1. The zero-order chi connectivity index (χ0) is 14.5. The Morgan fingerprint density at radius 1 is 1.45 bits per heavy atom. The van der Waals surface area contributed by atoms with Crippen LogP contribution in [0.15, 0.2) is 18.2 Å². The number of anilines is 1. The third-order valence-corrected chi connectivity index (χ3v) is 4.06. The first-order valence-corrected chi connectivity index (χ1v) is 7.69. The van der Waals surface area contributed by atoms with Crippen molar-refractivity contribution in [3.63, 3.8) is 0 Å². The minimum Gasteiger partial charge on any atom is -0.380 e. The minimum absolute atomic E-state index is 0.127. The van der Waals surface area contributed by atoms with Crippen LogP contribution in [0.1, 0.15) is 17.3 Å². The average Bonchev–Trinajstić information content (AvgIpc) is 2.47. The molecule has 6 nitrogen and oxygen atoms in total. The molecule has 1 saturated heterocycles. The zero-order valence-corrected chi connectivity index (χ0v) is 12.1. The van der Waals surface area contributed by atoms with Crippen molar-refractivity contribution in [1.82, 2.24) is 4.90 Å². The van der Waals surface area contributed by atoms with Crippen LogP contribution in [0.5, 0.6) is 0 Å². The molecule has 0 atom stereocenters. The van der Waals surface area contributed by atoms with Gasteiger partial charge in [-0.05, 0) is 19.1 Å². The van der Waals surface area contributed by atoms with Gasteiger partial charge in [0.1, 0.15) is 11.3 Å². The van der Waals surface area contributed by atoms with Crippen molar-refractivity contribution in [2.75, 3.05) is 36.5 Å². The quantitative estimate of drug-likeness (QED) is 0.681. The Morgan fingerprint density at radius 2 is 2.15 bits per heavy atom. The van der Waals surface area contributed by atoms with E-state index in [0.29, 0.717) is 25.3 Å². The number of nitrogens with zero attached hydrogens (tertiary/aromatic N) is 2. The van der Waals surface area contributed by atoms with E-state index in [1.165, 1.54) is 6.07 Å². The third kappa shape index (κ3) is 3.04. The van der Waals surface area contributed by atoms with E-state index < -0.39 is 4.92 Å². The maximum atomic E-state index is 12.5. The van der Waals surface area contributed by atoms with Gasteiger partial charge in [-0.1, -0.05) is 6.07 Å². The summed E-state index contributed by atoms with van der Waals surface area (Å²) in [5, 5.41) is 14.2. The van der Waals surface area contributed by atoms with Gasteiger partial charge in [0.05, 0.1) is 4.92 Å². The van der Waals surface area contributed by atoms with E-state index in [0.717, 1.165) is 11.5 Å². The summed E-state index contributed by atoms with van der Waals surface area (Å²) in [4.78, 5) is 25.0. The second kappa shape index (κ2) is 6.60. The molecular formula is C13H17N3O3S. The van der Waals surface area contributed by atoms with E-state index in [1.54, 1.807) is 28.8 Å². The number of nitro benzene ring substituents is 1. The van der Waals surface area contributed by atoms with Gasteiger partial charge in [0.15, 0.2) is 0 Å². The standard InChI is InChI=1S/C13H17N3O3S/c1-2-14-11-5-3-4-10(12(11)16(18)19)13(17)15-6-8-20-9-7-15/h3-5,14H,2,6-9H2,1H3. The Labute approximate surface area is 121 Å². The molecule has 1 aliphatic rings.